The van der Waals surface area contributed by atoms with Crippen LogP contribution in [-0.4, -0.2) is 33.6 Å². The van der Waals surface area contributed by atoms with Gasteiger partial charge < -0.3 is 15.0 Å². The van der Waals surface area contributed by atoms with Gasteiger partial charge in [-0.25, -0.2) is 9.97 Å². The lowest BCUT2D eigenvalue weighted by Gasteiger charge is -2.33. The van der Waals surface area contributed by atoms with Crippen LogP contribution in [0.25, 0.3) is 5.65 Å². The SMILES string of the molecule is Nc1cn2ccnc2c(N2CCC(C(F)(F)F)CC2)n1. The van der Waals surface area contributed by atoms with Crippen molar-refractivity contribution >= 4 is 17.3 Å². The van der Waals surface area contributed by atoms with E-state index in [0.717, 1.165) is 0 Å². The van der Waals surface area contributed by atoms with Gasteiger partial charge in [-0.3, -0.25) is 0 Å². The maximum Gasteiger partial charge on any atom is 0.391 e. The zero-order chi connectivity index (χ0) is 14.3. The minimum atomic E-state index is -4.11. The Morgan fingerprint density at radius 1 is 1.25 bits per heavy atom. The van der Waals surface area contributed by atoms with Crippen molar-refractivity contribution in [1.82, 2.24) is 14.4 Å². The maximum atomic E-state index is 12.7. The minimum Gasteiger partial charge on any atom is -0.382 e. The van der Waals surface area contributed by atoms with E-state index in [1.807, 2.05) is 4.90 Å². The van der Waals surface area contributed by atoms with Crippen molar-refractivity contribution in [3.8, 4) is 0 Å². The first kappa shape index (κ1) is 13.0. The number of alkyl halides is 3. The molecule has 0 saturated carbocycles. The van der Waals surface area contributed by atoms with Crippen LogP contribution in [0, 0.1) is 5.92 Å². The Balaban J connectivity index is 1.85. The summed E-state index contributed by atoms with van der Waals surface area (Å²) in [5.41, 5.74) is 6.34. The largest absolute Gasteiger partial charge is 0.391 e. The molecule has 0 aromatic carbocycles. The Hall–Kier alpha value is -1.99. The van der Waals surface area contributed by atoms with Crippen molar-refractivity contribution in [2.24, 2.45) is 5.92 Å². The number of anilines is 2. The summed E-state index contributed by atoms with van der Waals surface area (Å²) in [6.45, 7) is 0.617. The van der Waals surface area contributed by atoms with Gasteiger partial charge in [-0.1, -0.05) is 0 Å². The highest BCUT2D eigenvalue weighted by Crippen LogP contribution is 2.35. The Bertz CT molecular complexity index is 613. The molecule has 1 fully saturated rings. The van der Waals surface area contributed by atoms with E-state index in [1.54, 1.807) is 23.0 Å². The highest BCUT2D eigenvalue weighted by atomic mass is 19.4. The normalized spacial score (nSPS) is 17.9. The second-order valence-corrected chi connectivity index (χ2v) is 4.95. The van der Waals surface area contributed by atoms with Crippen LogP contribution in [-0.2, 0) is 0 Å². The molecule has 0 radical (unpaired) electrons. The van der Waals surface area contributed by atoms with Gasteiger partial charge in [0.15, 0.2) is 11.5 Å². The Labute approximate surface area is 113 Å². The third-order valence-electron chi connectivity index (χ3n) is 3.63. The second-order valence-electron chi connectivity index (χ2n) is 4.95. The number of nitrogens with two attached hydrogens (primary N) is 1. The first-order chi connectivity index (χ1) is 9.45. The van der Waals surface area contributed by atoms with Crippen LogP contribution in [0.5, 0.6) is 0 Å². The van der Waals surface area contributed by atoms with Gasteiger partial charge in [0.05, 0.1) is 12.1 Å². The molecule has 0 spiro atoms. The Morgan fingerprint density at radius 2 is 1.95 bits per heavy atom. The van der Waals surface area contributed by atoms with Crippen LogP contribution >= 0.6 is 0 Å². The minimum absolute atomic E-state index is 0.0762. The summed E-state index contributed by atoms with van der Waals surface area (Å²) in [6.07, 6.45) is 1.02. The van der Waals surface area contributed by atoms with Gasteiger partial charge in [-0.15, -0.1) is 0 Å². The fourth-order valence-corrected chi connectivity index (χ4v) is 2.56. The van der Waals surface area contributed by atoms with E-state index in [1.165, 1.54) is 0 Å². The summed E-state index contributed by atoms with van der Waals surface area (Å²) in [6, 6.07) is 0. The number of fused-ring (bicyclic) bond motifs is 1. The summed E-state index contributed by atoms with van der Waals surface area (Å²) < 4.78 is 39.7. The van der Waals surface area contributed by atoms with Crippen molar-refractivity contribution in [2.75, 3.05) is 23.7 Å². The first-order valence-corrected chi connectivity index (χ1v) is 6.36. The molecule has 1 aliphatic heterocycles. The van der Waals surface area contributed by atoms with Gasteiger partial charge >= 0.3 is 6.18 Å². The Kier molecular flexibility index (Phi) is 2.95. The molecule has 0 aliphatic carbocycles. The predicted octanol–water partition coefficient (Wildman–Crippen LogP) is 2.09. The Morgan fingerprint density at radius 3 is 2.60 bits per heavy atom. The van der Waals surface area contributed by atoms with E-state index < -0.39 is 12.1 Å². The summed E-state index contributed by atoms with van der Waals surface area (Å²) in [7, 11) is 0. The molecule has 2 N–H and O–H groups in total. The van der Waals surface area contributed by atoms with Crippen LogP contribution in [0.1, 0.15) is 12.8 Å². The molecular weight excluding hydrogens is 271 g/mol. The predicted molar refractivity (Wildman–Crippen MR) is 68.4 cm³/mol. The van der Waals surface area contributed by atoms with Crippen molar-refractivity contribution in [2.45, 2.75) is 19.0 Å². The maximum absolute atomic E-state index is 12.7. The number of halogens is 3. The quantitative estimate of drug-likeness (QED) is 0.871. The number of hydrogen-bond donors (Lipinski definition) is 1. The molecular formula is C12H14F3N5. The molecule has 2 aromatic heterocycles. The van der Waals surface area contributed by atoms with Crippen LogP contribution in [0.4, 0.5) is 24.8 Å². The van der Waals surface area contributed by atoms with Crippen LogP contribution in [0.15, 0.2) is 18.6 Å². The molecule has 1 aliphatic rings. The van der Waals surface area contributed by atoms with Gasteiger partial charge in [0.25, 0.3) is 0 Å². The molecule has 0 atom stereocenters. The highest BCUT2D eigenvalue weighted by Gasteiger charge is 2.41. The number of nitrogens with zero attached hydrogens (tertiary/aromatic N) is 4. The van der Waals surface area contributed by atoms with Gasteiger partial charge in [0.2, 0.25) is 0 Å². The summed E-state index contributed by atoms with van der Waals surface area (Å²) in [5.74, 6) is -0.352. The van der Waals surface area contributed by atoms with E-state index in [4.69, 9.17) is 5.73 Å². The van der Waals surface area contributed by atoms with Gasteiger partial charge in [-0.05, 0) is 12.8 Å². The van der Waals surface area contributed by atoms with E-state index in [0.29, 0.717) is 30.4 Å². The average Bonchev–Trinajstić information content (AvgIpc) is 2.85. The molecule has 3 rings (SSSR count). The zero-order valence-corrected chi connectivity index (χ0v) is 10.6. The highest BCUT2D eigenvalue weighted by molar-refractivity contribution is 5.66. The molecule has 2 aromatic rings. The molecule has 8 heteroatoms. The van der Waals surface area contributed by atoms with E-state index >= 15 is 0 Å². The molecule has 108 valence electrons. The lowest BCUT2D eigenvalue weighted by Crippen LogP contribution is -2.39. The molecule has 0 unspecified atom stereocenters. The summed E-state index contributed by atoms with van der Waals surface area (Å²) >= 11 is 0. The topological polar surface area (TPSA) is 59.5 Å². The number of imidazole rings is 1. The first-order valence-electron chi connectivity index (χ1n) is 6.36. The van der Waals surface area contributed by atoms with Crippen LogP contribution in [0.3, 0.4) is 0 Å². The van der Waals surface area contributed by atoms with E-state index in [2.05, 4.69) is 9.97 Å². The smallest absolute Gasteiger partial charge is 0.382 e. The fourth-order valence-electron chi connectivity index (χ4n) is 2.56. The molecule has 0 bridgehead atoms. The van der Waals surface area contributed by atoms with Crippen molar-refractivity contribution < 1.29 is 13.2 Å². The monoisotopic (exact) mass is 285 g/mol. The second kappa shape index (κ2) is 4.53. The molecule has 3 heterocycles. The van der Waals surface area contributed by atoms with Gasteiger partial charge in [-0.2, -0.15) is 13.2 Å². The van der Waals surface area contributed by atoms with E-state index in [-0.39, 0.29) is 12.8 Å². The number of hydrogen-bond acceptors (Lipinski definition) is 4. The lowest BCUT2D eigenvalue weighted by molar-refractivity contribution is -0.179. The molecule has 20 heavy (non-hydrogen) atoms. The fraction of sp³-hybridized carbons (Fsp3) is 0.500. The average molecular weight is 285 g/mol. The lowest BCUT2D eigenvalue weighted by atomic mass is 9.96. The number of rotatable bonds is 1. The number of nitrogen functional groups attached to an aromatic ring is 1. The molecule has 0 amide bonds. The van der Waals surface area contributed by atoms with Crippen molar-refractivity contribution in [1.29, 1.82) is 0 Å². The van der Waals surface area contributed by atoms with Gasteiger partial charge in [0, 0.05) is 25.5 Å². The van der Waals surface area contributed by atoms with Crippen LogP contribution in [0.2, 0.25) is 0 Å². The number of aromatic nitrogens is 3. The van der Waals surface area contributed by atoms with Crippen molar-refractivity contribution in [3.05, 3.63) is 18.6 Å². The summed E-state index contributed by atoms with van der Waals surface area (Å²) in [4.78, 5) is 10.2. The van der Waals surface area contributed by atoms with Crippen molar-refractivity contribution in [3.63, 3.8) is 0 Å². The van der Waals surface area contributed by atoms with Crippen LogP contribution < -0.4 is 10.6 Å². The van der Waals surface area contributed by atoms with Gasteiger partial charge in [0.1, 0.15) is 5.82 Å². The third kappa shape index (κ3) is 2.25. The molecule has 5 nitrogen and oxygen atoms in total. The molecule has 1 saturated heterocycles. The zero-order valence-electron chi connectivity index (χ0n) is 10.6. The van der Waals surface area contributed by atoms with E-state index in [9.17, 15) is 13.2 Å². The standard InChI is InChI=1S/C12H14F3N5/c13-12(14,15)8-1-4-19(5-2-8)11-10-17-3-6-20(10)7-9(16)18-11/h3,6-8H,1-2,4-5,16H2. The number of piperidine rings is 1. The third-order valence-corrected chi connectivity index (χ3v) is 3.63. The summed E-state index contributed by atoms with van der Waals surface area (Å²) in [5, 5.41) is 0.